The molecule has 0 aromatic heterocycles. The molecule has 0 N–H and O–H groups in total. The quantitative estimate of drug-likeness (QED) is 0.341. The second-order valence-electron chi connectivity index (χ2n) is 4.23. The highest BCUT2D eigenvalue weighted by molar-refractivity contribution is 7.98. The predicted octanol–water partition coefficient (Wildman–Crippen LogP) is 4.99. The maximum absolute atomic E-state index is 13.3. The van der Waals surface area contributed by atoms with Gasteiger partial charge in [0.05, 0.1) is 0 Å². The van der Waals surface area contributed by atoms with Crippen molar-refractivity contribution < 1.29 is 13.6 Å². The Balaban J connectivity index is 2.44. The van der Waals surface area contributed by atoms with E-state index in [2.05, 4.69) is 0 Å². The topological polar surface area (TPSA) is 17.1 Å². The maximum atomic E-state index is 13.3. The van der Waals surface area contributed by atoms with E-state index in [4.69, 9.17) is 11.6 Å². The minimum absolute atomic E-state index is 0.118. The van der Waals surface area contributed by atoms with Crippen molar-refractivity contribution in [3.05, 3.63) is 65.2 Å². The van der Waals surface area contributed by atoms with Gasteiger partial charge in [0.15, 0.2) is 11.6 Å². The molecule has 0 unspecified atom stereocenters. The summed E-state index contributed by atoms with van der Waals surface area (Å²) in [5.41, 5.74) is 1.11. The molecule has 108 valence electrons. The standard InChI is InChI=1S/C16H11ClF2OS/c1-21-12-5-2-10(3-6-12)8-13(16(17)20)11-4-7-14(18)15(19)9-11/h2-9H,1H3. The van der Waals surface area contributed by atoms with Crippen LogP contribution in [0.1, 0.15) is 11.1 Å². The van der Waals surface area contributed by atoms with E-state index in [1.54, 1.807) is 17.8 Å². The molecule has 0 heterocycles. The first-order valence-corrected chi connectivity index (χ1v) is 7.62. The number of allylic oxidation sites excluding steroid dienone is 1. The number of carbonyl (C=O) groups excluding carboxylic acids is 1. The second kappa shape index (κ2) is 6.87. The lowest BCUT2D eigenvalue weighted by molar-refractivity contribution is -0.106. The van der Waals surface area contributed by atoms with Crippen LogP contribution in [-0.4, -0.2) is 11.5 Å². The molecule has 0 amide bonds. The lowest BCUT2D eigenvalue weighted by Crippen LogP contribution is -1.95. The summed E-state index contributed by atoms with van der Waals surface area (Å²) in [6, 6.07) is 10.7. The van der Waals surface area contributed by atoms with E-state index in [9.17, 15) is 13.6 Å². The lowest BCUT2D eigenvalue weighted by atomic mass is 10.0. The third kappa shape index (κ3) is 3.93. The Bertz CT molecular complexity index is 696. The number of carbonyl (C=O) groups is 1. The van der Waals surface area contributed by atoms with Crippen LogP contribution in [0.15, 0.2) is 47.4 Å². The van der Waals surface area contributed by atoms with Crippen LogP contribution in [0.4, 0.5) is 8.78 Å². The summed E-state index contributed by atoms with van der Waals surface area (Å²) in [5, 5.41) is -0.727. The summed E-state index contributed by atoms with van der Waals surface area (Å²) in [4.78, 5) is 12.6. The van der Waals surface area contributed by atoms with Crippen molar-refractivity contribution in [1.82, 2.24) is 0 Å². The normalized spacial score (nSPS) is 11.5. The monoisotopic (exact) mass is 324 g/mol. The maximum Gasteiger partial charge on any atom is 0.253 e. The number of hydrogen-bond donors (Lipinski definition) is 0. The lowest BCUT2D eigenvalue weighted by Gasteiger charge is -2.05. The van der Waals surface area contributed by atoms with Gasteiger partial charge in [0, 0.05) is 10.5 Å². The van der Waals surface area contributed by atoms with Crippen LogP contribution in [0.25, 0.3) is 11.6 Å². The van der Waals surface area contributed by atoms with Crippen molar-refractivity contribution in [3.8, 4) is 0 Å². The number of halogens is 3. The summed E-state index contributed by atoms with van der Waals surface area (Å²) in [6.45, 7) is 0. The Morgan fingerprint density at radius 2 is 1.76 bits per heavy atom. The molecule has 0 bridgehead atoms. The van der Waals surface area contributed by atoms with Gasteiger partial charge in [-0.3, -0.25) is 4.79 Å². The highest BCUT2D eigenvalue weighted by Gasteiger charge is 2.12. The van der Waals surface area contributed by atoms with Crippen LogP contribution in [0.5, 0.6) is 0 Å². The van der Waals surface area contributed by atoms with Crippen molar-refractivity contribution in [2.24, 2.45) is 0 Å². The van der Waals surface area contributed by atoms with Gasteiger partial charge in [-0.05, 0) is 59.3 Å². The summed E-state index contributed by atoms with van der Waals surface area (Å²) in [5.74, 6) is -1.99. The van der Waals surface area contributed by atoms with Crippen molar-refractivity contribution >= 4 is 40.3 Å². The van der Waals surface area contributed by atoms with E-state index in [1.165, 1.54) is 6.07 Å². The molecule has 0 saturated heterocycles. The molecule has 0 saturated carbocycles. The molecule has 0 aliphatic rings. The molecule has 1 nitrogen and oxygen atoms in total. The third-order valence-corrected chi connectivity index (χ3v) is 3.82. The number of thioether (sulfide) groups is 1. The highest BCUT2D eigenvalue weighted by atomic mass is 35.5. The van der Waals surface area contributed by atoms with E-state index >= 15 is 0 Å². The fraction of sp³-hybridized carbons (Fsp3) is 0.0625. The Labute approximate surface area is 130 Å². The molecule has 0 atom stereocenters. The van der Waals surface area contributed by atoms with Gasteiger partial charge in [-0.1, -0.05) is 18.2 Å². The van der Waals surface area contributed by atoms with Gasteiger partial charge >= 0.3 is 0 Å². The SMILES string of the molecule is CSc1ccc(C=C(C(=O)Cl)c2ccc(F)c(F)c2)cc1. The van der Waals surface area contributed by atoms with Crippen molar-refractivity contribution in [3.63, 3.8) is 0 Å². The molecule has 0 radical (unpaired) electrons. The first-order valence-electron chi connectivity index (χ1n) is 6.02. The van der Waals surface area contributed by atoms with Gasteiger partial charge in [0.1, 0.15) is 0 Å². The Morgan fingerprint density at radius 1 is 1.10 bits per heavy atom. The van der Waals surface area contributed by atoms with Crippen LogP contribution in [0.3, 0.4) is 0 Å². The molecule has 0 aliphatic heterocycles. The van der Waals surface area contributed by atoms with Gasteiger partial charge in [-0.2, -0.15) is 0 Å². The predicted molar refractivity (Wildman–Crippen MR) is 83.3 cm³/mol. The fourth-order valence-corrected chi connectivity index (χ4v) is 2.36. The second-order valence-corrected chi connectivity index (χ2v) is 5.46. The average Bonchev–Trinajstić information content (AvgIpc) is 2.48. The number of rotatable bonds is 4. The molecule has 2 rings (SSSR count). The Kier molecular flexibility index (Phi) is 5.15. The van der Waals surface area contributed by atoms with Crippen LogP contribution in [-0.2, 0) is 4.79 Å². The zero-order valence-electron chi connectivity index (χ0n) is 11.1. The molecular formula is C16H11ClF2OS. The minimum atomic E-state index is -1.02. The summed E-state index contributed by atoms with van der Waals surface area (Å²) < 4.78 is 26.2. The molecule has 0 aliphatic carbocycles. The molecule has 0 spiro atoms. The third-order valence-electron chi connectivity index (χ3n) is 2.87. The zero-order chi connectivity index (χ0) is 15.4. The molecule has 2 aromatic carbocycles. The van der Waals surface area contributed by atoms with Crippen molar-refractivity contribution in [2.45, 2.75) is 4.90 Å². The first kappa shape index (κ1) is 15.7. The van der Waals surface area contributed by atoms with Gasteiger partial charge in [0.25, 0.3) is 5.24 Å². The number of benzene rings is 2. The van der Waals surface area contributed by atoms with Gasteiger partial charge < -0.3 is 0 Å². The van der Waals surface area contributed by atoms with Gasteiger partial charge in [-0.25, -0.2) is 8.78 Å². The fourth-order valence-electron chi connectivity index (χ4n) is 1.78. The van der Waals surface area contributed by atoms with E-state index in [0.29, 0.717) is 0 Å². The summed E-state index contributed by atoms with van der Waals surface area (Å²) in [7, 11) is 0. The van der Waals surface area contributed by atoms with Gasteiger partial charge in [0.2, 0.25) is 0 Å². The van der Waals surface area contributed by atoms with Crippen LogP contribution < -0.4 is 0 Å². The summed E-state index contributed by atoms with van der Waals surface area (Å²) >= 11 is 7.15. The summed E-state index contributed by atoms with van der Waals surface area (Å²) in [6.07, 6.45) is 3.51. The molecule has 0 fully saturated rings. The zero-order valence-corrected chi connectivity index (χ0v) is 12.6. The minimum Gasteiger partial charge on any atom is -0.276 e. The molecular weight excluding hydrogens is 314 g/mol. The van der Waals surface area contributed by atoms with E-state index in [-0.39, 0.29) is 11.1 Å². The molecule has 2 aromatic rings. The number of hydrogen-bond acceptors (Lipinski definition) is 2. The van der Waals surface area contributed by atoms with Crippen LogP contribution >= 0.6 is 23.4 Å². The molecule has 5 heteroatoms. The van der Waals surface area contributed by atoms with Crippen LogP contribution in [0.2, 0.25) is 0 Å². The van der Waals surface area contributed by atoms with E-state index in [1.807, 2.05) is 30.5 Å². The smallest absolute Gasteiger partial charge is 0.253 e. The van der Waals surface area contributed by atoms with Crippen molar-refractivity contribution in [2.75, 3.05) is 6.26 Å². The average molecular weight is 325 g/mol. The van der Waals surface area contributed by atoms with Gasteiger partial charge in [-0.15, -0.1) is 11.8 Å². The Morgan fingerprint density at radius 3 is 2.29 bits per heavy atom. The Hall–Kier alpha value is -1.65. The molecule has 21 heavy (non-hydrogen) atoms. The van der Waals surface area contributed by atoms with E-state index < -0.39 is 16.9 Å². The largest absolute Gasteiger partial charge is 0.276 e. The van der Waals surface area contributed by atoms with Crippen molar-refractivity contribution in [1.29, 1.82) is 0 Å². The first-order chi connectivity index (χ1) is 10.0. The van der Waals surface area contributed by atoms with E-state index in [0.717, 1.165) is 22.6 Å². The highest BCUT2D eigenvalue weighted by Crippen LogP contribution is 2.24. The van der Waals surface area contributed by atoms with Crippen LogP contribution in [0, 0.1) is 11.6 Å².